The molecule has 0 aromatic rings. The van der Waals surface area contributed by atoms with Crippen LogP contribution in [0.2, 0.25) is 0 Å². The van der Waals surface area contributed by atoms with E-state index in [1.54, 1.807) is 0 Å². The number of carbonyl (C=O) groups is 3. The van der Waals surface area contributed by atoms with Gasteiger partial charge < -0.3 is 24.8 Å². The molecule has 0 saturated heterocycles. The van der Waals surface area contributed by atoms with Crippen LogP contribution in [0.1, 0.15) is 60.3 Å². The first kappa shape index (κ1) is 37.8. The quantitative estimate of drug-likeness (QED) is 0.195. The Morgan fingerprint density at radius 2 is 1.11 bits per heavy atom. The molecule has 0 rings (SSSR count). The van der Waals surface area contributed by atoms with E-state index >= 15 is 0 Å². The van der Waals surface area contributed by atoms with Gasteiger partial charge in [-0.05, 0) is 33.1 Å². The molecule has 28 heavy (non-hydrogen) atoms. The van der Waals surface area contributed by atoms with Crippen molar-refractivity contribution >= 4 is 17.7 Å². The molecule has 0 aromatic heterocycles. The Hall–Kier alpha value is -0.887. The van der Waals surface area contributed by atoms with Crippen LogP contribution >= 0.6 is 0 Å². The smallest absolute Gasteiger partial charge is 0.333 e. The van der Waals surface area contributed by atoms with Crippen LogP contribution in [0.5, 0.6) is 0 Å². The molecule has 0 fully saturated rings. The maximum atomic E-state index is 10.8. The monoisotopic (exact) mass is 484 g/mol. The summed E-state index contributed by atoms with van der Waals surface area (Å²) in [7, 11) is 0. The summed E-state index contributed by atoms with van der Waals surface area (Å²) < 4.78 is 9.27. The van der Waals surface area contributed by atoms with Crippen molar-refractivity contribution in [2.24, 2.45) is 0 Å². The number of ketones is 1. The maximum Gasteiger partial charge on any atom is 0.333 e. The second kappa shape index (κ2) is 33.7. The van der Waals surface area contributed by atoms with E-state index in [9.17, 15) is 14.4 Å². The van der Waals surface area contributed by atoms with E-state index in [2.05, 4.69) is 16.1 Å². The first-order chi connectivity index (χ1) is 12.7. The van der Waals surface area contributed by atoms with Crippen LogP contribution < -0.4 is 0 Å². The van der Waals surface area contributed by atoms with E-state index in [1.807, 2.05) is 20.8 Å². The van der Waals surface area contributed by atoms with Gasteiger partial charge in [0, 0.05) is 51.6 Å². The van der Waals surface area contributed by atoms with Crippen LogP contribution in [0.15, 0.2) is 12.2 Å². The SMILES string of the molecule is C=C(C)C(=O)OCCOC(=O)CC(C)=O.CCCO.CCCO.CCCO.[Zr]. The molecule has 0 bridgehead atoms. The zero-order valence-electron chi connectivity index (χ0n) is 18.0. The summed E-state index contributed by atoms with van der Waals surface area (Å²) in [5.74, 6) is -1.41. The summed E-state index contributed by atoms with van der Waals surface area (Å²) in [6, 6.07) is 0. The maximum absolute atomic E-state index is 10.8. The molecule has 0 spiro atoms. The summed E-state index contributed by atoms with van der Waals surface area (Å²) in [5.41, 5.74) is 0.282. The number of Topliss-reactive ketones (excluding diaryl/α,β-unsaturated/α-hetero) is 1. The molecule has 3 N–H and O–H groups in total. The molecule has 0 unspecified atom stereocenters. The van der Waals surface area contributed by atoms with Gasteiger partial charge in [0.05, 0.1) is 0 Å². The fraction of sp³-hybridized carbons (Fsp3) is 0.737. The topological polar surface area (TPSA) is 130 Å². The summed E-state index contributed by atoms with van der Waals surface area (Å²) in [6.07, 6.45) is 2.37. The first-order valence-corrected chi connectivity index (χ1v) is 8.98. The number of ether oxygens (including phenoxy) is 2. The number of hydrogen-bond donors (Lipinski definition) is 3. The third-order valence-corrected chi connectivity index (χ3v) is 1.99. The third-order valence-electron chi connectivity index (χ3n) is 1.99. The average molecular weight is 486 g/mol. The summed E-state index contributed by atoms with van der Waals surface area (Å²) in [5, 5.41) is 23.6. The van der Waals surface area contributed by atoms with Crippen LogP contribution in [0, 0.1) is 0 Å². The molecule has 166 valence electrons. The van der Waals surface area contributed by atoms with Crippen LogP contribution in [0.25, 0.3) is 0 Å². The van der Waals surface area contributed by atoms with Gasteiger partial charge in [0.15, 0.2) is 0 Å². The summed E-state index contributed by atoms with van der Waals surface area (Å²) in [4.78, 5) is 32.2. The van der Waals surface area contributed by atoms with Crippen molar-refractivity contribution in [3.63, 3.8) is 0 Å². The van der Waals surface area contributed by atoms with E-state index in [4.69, 9.17) is 15.3 Å². The Morgan fingerprint density at radius 1 is 0.786 bits per heavy atom. The van der Waals surface area contributed by atoms with E-state index in [0.29, 0.717) is 19.8 Å². The normalized spacial score (nSPS) is 8.14. The predicted molar refractivity (Wildman–Crippen MR) is 104 cm³/mol. The number of carbonyl (C=O) groups excluding carboxylic acids is 3. The fourth-order valence-corrected chi connectivity index (χ4v) is 0.667. The molecular weight excluding hydrogens is 447 g/mol. The number of rotatable bonds is 9. The second-order valence-corrected chi connectivity index (χ2v) is 5.19. The van der Waals surface area contributed by atoms with Gasteiger partial charge in [-0.25, -0.2) is 4.79 Å². The Morgan fingerprint density at radius 3 is 1.36 bits per heavy atom. The zero-order valence-corrected chi connectivity index (χ0v) is 20.4. The van der Waals surface area contributed by atoms with Crippen molar-refractivity contribution in [1.29, 1.82) is 0 Å². The minimum atomic E-state index is -0.617. The van der Waals surface area contributed by atoms with Crippen molar-refractivity contribution in [3.8, 4) is 0 Å². The van der Waals surface area contributed by atoms with Crippen molar-refractivity contribution in [2.75, 3.05) is 33.0 Å². The van der Waals surface area contributed by atoms with Gasteiger partial charge in [0.25, 0.3) is 0 Å². The van der Waals surface area contributed by atoms with Crippen molar-refractivity contribution < 1.29 is 65.4 Å². The molecule has 0 atom stereocenters. The van der Waals surface area contributed by atoms with Crippen LogP contribution in [0.3, 0.4) is 0 Å². The molecule has 0 aliphatic rings. The summed E-state index contributed by atoms with van der Waals surface area (Å²) in [6.45, 7) is 12.9. The van der Waals surface area contributed by atoms with Gasteiger partial charge in [-0.2, -0.15) is 0 Å². The minimum Gasteiger partial charge on any atom is -0.462 e. The fourth-order valence-electron chi connectivity index (χ4n) is 0.667. The minimum absolute atomic E-state index is 0. The van der Waals surface area contributed by atoms with Crippen LogP contribution in [0.4, 0.5) is 0 Å². The standard InChI is InChI=1S/C10H14O5.3C3H8O.Zr/c1-7(2)10(13)15-5-4-14-9(12)6-8(3)11;3*1-2-3-4;/h1,4-6H2,2-3H3;3*4H,2-3H2,1H3;. The molecule has 0 aliphatic heterocycles. The molecule has 0 radical (unpaired) electrons. The zero-order chi connectivity index (χ0) is 22.1. The van der Waals surface area contributed by atoms with Crippen molar-refractivity contribution in [3.05, 3.63) is 12.2 Å². The average Bonchev–Trinajstić information content (AvgIpc) is 2.64. The Bertz CT molecular complexity index is 357. The number of aliphatic hydroxyl groups is 3. The molecule has 0 amide bonds. The molecule has 0 saturated carbocycles. The van der Waals surface area contributed by atoms with Crippen molar-refractivity contribution in [1.82, 2.24) is 0 Å². The summed E-state index contributed by atoms with van der Waals surface area (Å²) >= 11 is 0. The van der Waals surface area contributed by atoms with Gasteiger partial charge in [-0.15, -0.1) is 0 Å². The predicted octanol–water partition coefficient (Wildman–Crippen LogP) is 1.79. The second-order valence-electron chi connectivity index (χ2n) is 5.19. The molecular formula is C19H38O8Zr. The Labute approximate surface area is 188 Å². The largest absolute Gasteiger partial charge is 0.462 e. The number of hydrogen-bond acceptors (Lipinski definition) is 8. The van der Waals surface area contributed by atoms with Gasteiger partial charge in [-0.3, -0.25) is 9.59 Å². The number of aliphatic hydroxyl groups excluding tert-OH is 3. The van der Waals surface area contributed by atoms with Crippen molar-refractivity contribution in [2.45, 2.75) is 60.3 Å². The first-order valence-electron chi connectivity index (χ1n) is 8.98. The molecule has 9 heteroatoms. The van der Waals surface area contributed by atoms with Crippen LogP contribution in [-0.4, -0.2) is 66.1 Å². The molecule has 0 aliphatic carbocycles. The van der Waals surface area contributed by atoms with Gasteiger partial charge in [0.2, 0.25) is 0 Å². The molecule has 0 heterocycles. The number of esters is 2. The van der Waals surface area contributed by atoms with Gasteiger partial charge in [0.1, 0.15) is 25.4 Å². The van der Waals surface area contributed by atoms with E-state index in [0.717, 1.165) is 19.3 Å². The molecule has 0 aromatic carbocycles. The third kappa shape index (κ3) is 49.9. The van der Waals surface area contributed by atoms with E-state index < -0.39 is 11.9 Å². The van der Waals surface area contributed by atoms with E-state index in [1.165, 1.54) is 13.8 Å². The van der Waals surface area contributed by atoms with Gasteiger partial charge in [-0.1, -0.05) is 27.4 Å². The molecule has 8 nitrogen and oxygen atoms in total. The Kier molecular flexibility index (Phi) is 45.5. The van der Waals surface area contributed by atoms with Gasteiger partial charge >= 0.3 is 11.9 Å². The Balaban J connectivity index is -0.000000111. The van der Waals surface area contributed by atoms with Crippen LogP contribution in [-0.2, 0) is 50.1 Å². The van der Waals surface area contributed by atoms with E-state index in [-0.39, 0.29) is 57.2 Å².